The number of nitrogens with zero attached hydrogens (tertiary/aromatic N) is 1. The third kappa shape index (κ3) is 2.86. The number of pyridine rings is 1. The van der Waals surface area contributed by atoms with Crippen LogP contribution in [0.3, 0.4) is 0 Å². The molecular weight excluding hydrogens is 157 g/mol. The molecule has 12 heavy (non-hydrogen) atoms. The summed E-state index contributed by atoms with van der Waals surface area (Å²) < 4.78 is 17.8. The Hall–Kier alpha value is -1.12. The first kappa shape index (κ1) is 8.97. The van der Waals surface area contributed by atoms with Crippen LogP contribution in [0.15, 0.2) is 18.3 Å². The zero-order chi connectivity index (χ0) is 9.19. The van der Waals surface area contributed by atoms with E-state index in [0.29, 0.717) is 5.88 Å². The molecule has 0 saturated carbocycles. The fourth-order valence-electron chi connectivity index (χ4n) is 0.763. The molecule has 0 aromatic carbocycles. The lowest BCUT2D eigenvalue weighted by atomic mass is 10.3. The summed E-state index contributed by atoms with van der Waals surface area (Å²) in [6.07, 6.45) is 1.64. The number of aryl methyl sites for hydroxylation is 1. The second-order valence-electron chi connectivity index (χ2n) is 3.14. The minimum Gasteiger partial charge on any atom is -0.441 e. The first-order valence-electron chi connectivity index (χ1n) is 3.78. The summed E-state index contributed by atoms with van der Waals surface area (Å²) in [5, 5.41) is 0. The van der Waals surface area contributed by atoms with E-state index in [-0.39, 0.29) is 0 Å². The van der Waals surface area contributed by atoms with Gasteiger partial charge in [0.1, 0.15) is 0 Å². The Morgan fingerprint density at radius 2 is 2.08 bits per heavy atom. The van der Waals surface area contributed by atoms with Crippen molar-refractivity contribution in [2.24, 2.45) is 0 Å². The van der Waals surface area contributed by atoms with Gasteiger partial charge in [-0.1, -0.05) is 6.07 Å². The van der Waals surface area contributed by atoms with Crippen molar-refractivity contribution in [2.75, 3.05) is 0 Å². The second kappa shape index (κ2) is 3.09. The largest absolute Gasteiger partial charge is 0.441 e. The monoisotopic (exact) mass is 169 g/mol. The molecule has 0 aliphatic carbocycles. The third-order valence-corrected chi connectivity index (χ3v) is 1.23. The predicted molar refractivity (Wildman–Crippen MR) is 44.8 cm³/mol. The molecule has 0 radical (unpaired) electrons. The minimum absolute atomic E-state index is 0.313. The molecule has 66 valence electrons. The lowest BCUT2D eigenvalue weighted by Gasteiger charge is -2.15. The van der Waals surface area contributed by atoms with Crippen LogP contribution in [0.4, 0.5) is 4.39 Å². The molecule has 0 saturated heterocycles. The average molecular weight is 169 g/mol. The van der Waals surface area contributed by atoms with Gasteiger partial charge < -0.3 is 4.74 Å². The van der Waals surface area contributed by atoms with Crippen LogP contribution in [0.5, 0.6) is 5.88 Å². The number of aromatic nitrogens is 1. The maximum Gasteiger partial charge on any atom is 0.244 e. The van der Waals surface area contributed by atoms with Crippen LogP contribution in [0.1, 0.15) is 19.4 Å². The summed E-state index contributed by atoms with van der Waals surface area (Å²) in [6.45, 7) is 4.60. The standard InChI is InChI=1S/C9H12FNO/c1-7-4-5-8(11-6-7)12-9(2,3)10/h4-6H,1-3H3. The van der Waals surface area contributed by atoms with E-state index in [0.717, 1.165) is 5.56 Å². The number of hydrogen-bond acceptors (Lipinski definition) is 2. The number of hydrogen-bond donors (Lipinski definition) is 0. The second-order valence-corrected chi connectivity index (χ2v) is 3.14. The normalized spacial score (nSPS) is 11.3. The number of alkyl halides is 1. The van der Waals surface area contributed by atoms with Crippen molar-refractivity contribution in [1.82, 2.24) is 4.98 Å². The Morgan fingerprint density at radius 3 is 2.50 bits per heavy atom. The van der Waals surface area contributed by atoms with Gasteiger partial charge in [0.05, 0.1) is 0 Å². The highest BCUT2D eigenvalue weighted by Gasteiger charge is 2.17. The molecule has 1 heterocycles. The molecule has 1 aromatic rings. The maximum atomic E-state index is 12.9. The van der Waals surface area contributed by atoms with Gasteiger partial charge in [-0.05, 0) is 12.5 Å². The van der Waals surface area contributed by atoms with E-state index >= 15 is 0 Å². The van der Waals surface area contributed by atoms with Crippen molar-refractivity contribution in [1.29, 1.82) is 0 Å². The Balaban J connectivity index is 2.71. The number of ether oxygens (including phenoxy) is 1. The van der Waals surface area contributed by atoms with Crippen LogP contribution in [-0.4, -0.2) is 10.8 Å². The topological polar surface area (TPSA) is 22.1 Å². The quantitative estimate of drug-likeness (QED) is 0.678. The van der Waals surface area contributed by atoms with Crippen molar-refractivity contribution in [3.63, 3.8) is 0 Å². The fraction of sp³-hybridized carbons (Fsp3) is 0.444. The highest BCUT2D eigenvalue weighted by molar-refractivity contribution is 5.16. The van der Waals surface area contributed by atoms with Gasteiger partial charge in [-0.2, -0.15) is 4.39 Å². The van der Waals surface area contributed by atoms with E-state index in [1.54, 1.807) is 12.3 Å². The predicted octanol–water partition coefficient (Wildman–Crippen LogP) is 2.47. The van der Waals surface area contributed by atoms with E-state index in [4.69, 9.17) is 4.74 Å². The van der Waals surface area contributed by atoms with Crippen LogP contribution in [0.25, 0.3) is 0 Å². The fourth-order valence-corrected chi connectivity index (χ4v) is 0.763. The van der Waals surface area contributed by atoms with E-state index in [1.165, 1.54) is 13.8 Å². The van der Waals surface area contributed by atoms with E-state index in [2.05, 4.69) is 4.98 Å². The molecule has 0 atom stereocenters. The lowest BCUT2D eigenvalue weighted by Crippen LogP contribution is -2.21. The van der Waals surface area contributed by atoms with Crippen LogP contribution in [0.2, 0.25) is 0 Å². The molecule has 0 aliphatic rings. The van der Waals surface area contributed by atoms with E-state index < -0.39 is 5.85 Å². The molecule has 0 unspecified atom stereocenters. The van der Waals surface area contributed by atoms with Gasteiger partial charge >= 0.3 is 0 Å². The van der Waals surface area contributed by atoms with Gasteiger partial charge in [0.2, 0.25) is 11.7 Å². The van der Waals surface area contributed by atoms with Crippen molar-refractivity contribution >= 4 is 0 Å². The summed E-state index contributed by atoms with van der Waals surface area (Å²) in [6, 6.07) is 3.48. The smallest absolute Gasteiger partial charge is 0.244 e. The molecule has 3 heteroatoms. The SMILES string of the molecule is Cc1ccc(OC(C)(C)F)nc1. The van der Waals surface area contributed by atoms with Crippen molar-refractivity contribution in [3.8, 4) is 5.88 Å². The molecule has 1 rings (SSSR count). The summed E-state index contributed by atoms with van der Waals surface area (Å²) in [5.74, 6) is -1.35. The third-order valence-electron chi connectivity index (χ3n) is 1.23. The molecule has 0 N–H and O–H groups in total. The molecule has 0 fully saturated rings. The average Bonchev–Trinajstić information content (AvgIpc) is 1.91. The summed E-state index contributed by atoms with van der Waals surface area (Å²) in [7, 11) is 0. The lowest BCUT2D eigenvalue weighted by molar-refractivity contribution is -0.0293. The number of halogens is 1. The van der Waals surface area contributed by atoms with Crippen molar-refractivity contribution in [3.05, 3.63) is 23.9 Å². The zero-order valence-corrected chi connectivity index (χ0v) is 7.47. The highest BCUT2D eigenvalue weighted by Crippen LogP contribution is 2.16. The zero-order valence-electron chi connectivity index (χ0n) is 7.47. The molecule has 0 amide bonds. The summed E-state index contributed by atoms with van der Waals surface area (Å²) in [5.41, 5.74) is 1.03. The van der Waals surface area contributed by atoms with Gasteiger partial charge in [-0.25, -0.2) is 4.98 Å². The minimum atomic E-state index is -1.66. The van der Waals surface area contributed by atoms with Gasteiger partial charge in [-0.3, -0.25) is 0 Å². The molecule has 0 bridgehead atoms. The Kier molecular flexibility index (Phi) is 2.31. The van der Waals surface area contributed by atoms with Crippen LogP contribution < -0.4 is 4.74 Å². The summed E-state index contributed by atoms with van der Waals surface area (Å²) >= 11 is 0. The van der Waals surface area contributed by atoms with Gasteiger partial charge in [0.25, 0.3) is 0 Å². The maximum absolute atomic E-state index is 12.9. The van der Waals surface area contributed by atoms with Crippen molar-refractivity contribution < 1.29 is 9.13 Å². The Labute approximate surface area is 71.4 Å². The van der Waals surface area contributed by atoms with Crippen LogP contribution in [0, 0.1) is 6.92 Å². The molecule has 0 spiro atoms. The van der Waals surface area contributed by atoms with E-state index in [1.807, 2.05) is 13.0 Å². The first-order chi connectivity index (χ1) is 5.47. The molecular formula is C9H12FNO. The molecule has 1 aromatic heterocycles. The Bertz CT molecular complexity index is 250. The molecule has 0 aliphatic heterocycles. The van der Waals surface area contributed by atoms with Gasteiger partial charge in [0.15, 0.2) is 0 Å². The van der Waals surface area contributed by atoms with Crippen LogP contribution >= 0.6 is 0 Å². The highest BCUT2D eigenvalue weighted by atomic mass is 19.2. The number of rotatable bonds is 2. The van der Waals surface area contributed by atoms with Gasteiger partial charge in [0, 0.05) is 26.1 Å². The van der Waals surface area contributed by atoms with Crippen molar-refractivity contribution in [2.45, 2.75) is 26.6 Å². The molecule has 2 nitrogen and oxygen atoms in total. The van der Waals surface area contributed by atoms with Crippen LogP contribution in [-0.2, 0) is 0 Å². The Morgan fingerprint density at radius 1 is 1.42 bits per heavy atom. The van der Waals surface area contributed by atoms with E-state index in [9.17, 15) is 4.39 Å². The first-order valence-corrected chi connectivity index (χ1v) is 3.78. The van der Waals surface area contributed by atoms with Gasteiger partial charge in [-0.15, -0.1) is 0 Å². The summed E-state index contributed by atoms with van der Waals surface area (Å²) in [4.78, 5) is 3.90.